The molecule has 0 unspecified atom stereocenters. The van der Waals surface area contributed by atoms with Crippen LogP contribution in [0.1, 0.15) is 6.92 Å². The largest absolute Gasteiger partial charge is 0.238 e. The van der Waals surface area contributed by atoms with Crippen LogP contribution >= 0.6 is 22.7 Å². The Bertz CT molecular complexity index is 44.0. The Labute approximate surface area is 53.4 Å². The third-order valence-corrected chi connectivity index (χ3v) is 5.49. The molecule has 0 saturated heterocycles. The SMILES string of the molecule is CCS(C)(C)CS. The Morgan fingerprint density at radius 1 is 1.43 bits per heavy atom. The first-order valence-corrected chi connectivity index (χ1v) is 5.84. The van der Waals surface area contributed by atoms with Crippen LogP contribution < -0.4 is 0 Å². The van der Waals surface area contributed by atoms with Gasteiger partial charge in [-0.1, -0.05) is 6.92 Å². The Morgan fingerprint density at radius 3 is 1.86 bits per heavy atom. The van der Waals surface area contributed by atoms with Gasteiger partial charge in [0.2, 0.25) is 0 Å². The molecule has 0 bridgehead atoms. The van der Waals surface area contributed by atoms with Crippen molar-refractivity contribution in [3.8, 4) is 0 Å². The molecule has 0 aromatic rings. The van der Waals surface area contributed by atoms with Crippen molar-refractivity contribution < 1.29 is 0 Å². The lowest BCUT2D eigenvalue weighted by atomic mass is 11.0. The fourth-order valence-corrected chi connectivity index (χ4v) is 0.822. The zero-order valence-corrected chi connectivity index (χ0v) is 6.98. The summed E-state index contributed by atoms with van der Waals surface area (Å²) in [4.78, 5) is 0. The summed E-state index contributed by atoms with van der Waals surface area (Å²) in [5, 5.41) is 1.07. The molecule has 0 atom stereocenters. The standard InChI is InChI=1S/C5H14S2/c1-4-7(2,3)5-6/h6H,4-5H2,1-3H3. The molecular weight excluding hydrogens is 124 g/mol. The Kier molecular flexibility index (Phi) is 3.16. The van der Waals surface area contributed by atoms with Gasteiger partial charge in [-0.2, -0.15) is 12.6 Å². The second-order valence-electron chi connectivity index (χ2n) is 2.18. The van der Waals surface area contributed by atoms with E-state index in [9.17, 15) is 0 Å². The van der Waals surface area contributed by atoms with Crippen LogP contribution in [0.15, 0.2) is 0 Å². The van der Waals surface area contributed by atoms with Crippen LogP contribution in [-0.2, 0) is 0 Å². The van der Waals surface area contributed by atoms with Gasteiger partial charge in [-0.25, -0.2) is 10.0 Å². The third-order valence-electron chi connectivity index (χ3n) is 1.13. The van der Waals surface area contributed by atoms with E-state index in [1.807, 2.05) is 0 Å². The lowest BCUT2D eigenvalue weighted by Crippen LogP contribution is -1.97. The average molecular weight is 138 g/mol. The molecule has 0 saturated carbocycles. The zero-order chi connectivity index (χ0) is 5.91. The fraction of sp³-hybridized carbons (Fsp3) is 1.00. The molecule has 0 fully saturated rings. The van der Waals surface area contributed by atoms with Crippen molar-refractivity contribution in [3.05, 3.63) is 0 Å². The van der Waals surface area contributed by atoms with Crippen LogP contribution in [-0.4, -0.2) is 23.3 Å². The zero-order valence-electron chi connectivity index (χ0n) is 5.27. The maximum Gasteiger partial charge on any atom is 0.0200 e. The van der Waals surface area contributed by atoms with Crippen molar-refractivity contribution in [2.75, 3.05) is 23.3 Å². The molecule has 0 rings (SSSR count). The Morgan fingerprint density at radius 2 is 1.86 bits per heavy atom. The van der Waals surface area contributed by atoms with Gasteiger partial charge >= 0.3 is 0 Å². The monoisotopic (exact) mass is 138 g/mol. The smallest absolute Gasteiger partial charge is 0.0200 e. The molecule has 0 spiro atoms. The highest BCUT2D eigenvalue weighted by molar-refractivity contribution is 8.36. The minimum atomic E-state index is -0.293. The van der Waals surface area contributed by atoms with E-state index in [2.05, 4.69) is 32.1 Å². The number of rotatable bonds is 2. The van der Waals surface area contributed by atoms with Gasteiger partial charge in [-0.05, 0) is 18.3 Å². The summed E-state index contributed by atoms with van der Waals surface area (Å²) in [5.74, 6) is 1.30. The predicted octanol–water partition coefficient (Wildman–Crippen LogP) is 1.96. The normalized spacial score (nSPS) is 14.3. The summed E-state index contributed by atoms with van der Waals surface area (Å²) in [6, 6.07) is 0. The van der Waals surface area contributed by atoms with Gasteiger partial charge in [0.25, 0.3) is 0 Å². The highest BCUT2D eigenvalue weighted by atomic mass is 32.3. The molecule has 0 aliphatic carbocycles. The van der Waals surface area contributed by atoms with E-state index in [1.165, 1.54) is 5.75 Å². The molecule has 0 amide bonds. The van der Waals surface area contributed by atoms with Crippen molar-refractivity contribution in [1.82, 2.24) is 0 Å². The predicted molar refractivity (Wildman–Crippen MR) is 43.8 cm³/mol. The molecule has 0 radical (unpaired) electrons. The highest BCUT2D eigenvalue weighted by Gasteiger charge is 2.02. The molecule has 46 valence electrons. The van der Waals surface area contributed by atoms with E-state index in [1.54, 1.807) is 0 Å². The van der Waals surface area contributed by atoms with Gasteiger partial charge in [0.05, 0.1) is 0 Å². The second-order valence-corrected chi connectivity index (χ2v) is 7.33. The summed E-state index contributed by atoms with van der Waals surface area (Å²) >= 11 is 4.22. The minimum absolute atomic E-state index is 0.293. The molecular formula is C5H14S2. The number of hydrogen-bond acceptors (Lipinski definition) is 1. The van der Waals surface area contributed by atoms with Gasteiger partial charge < -0.3 is 0 Å². The maximum absolute atomic E-state index is 4.22. The lowest BCUT2D eigenvalue weighted by Gasteiger charge is -2.26. The molecule has 0 aliphatic rings. The first-order chi connectivity index (χ1) is 3.12. The van der Waals surface area contributed by atoms with Gasteiger partial charge in [0.15, 0.2) is 0 Å². The van der Waals surface area contributed by atoms with Crippen molar-refractivity contribution in [2.45, 2.75) is 6.92 Å². The molecule has 7 heavy (non-hydrogen) atoms. The molecule has 0 aromatic carbocycles. The van der Waals surface area contributed by atoms with Crippen LogP contribution in [0.5, 0.6) is 0 Å². The van der Waals surface area contributed by atoms with E-state index in [0.29, 0.717) is 0 Å². The van der Waals surface area contributed by atoms with Crippen LogP contribution in [0.25, 0.3) is 0 Å². The van der Waals surface area contributed by atoms with Crippen LogP contribution in [0, 0.1) is 0 Å². The third kappa shape index (κ3) is 3.30. The lowest BCUT2D eigenvalue weighted by molar-refractivity contribution is 1.49. The highest BCUT2D eigenvalue weighted by Crippen LogP contribution is 2.39. The van der Waals surface area contributed by atoms with Gasteiger partial charge in [0, 0.05) is 5.08 Å². The van der Waals surface area contributed by atoms with Crippen molar-refractivity contribution in [3.63, 3.8) is 0 Å². The summed E-state index contributed by atoms with van der Waals surface area (Å²) < 4.78 is 0. The summed E-state index contributed by atoms with van der Waals surface area (Å²) in [5.41, 5.74) is 0. The Balaban J connectivity index is 3.36. The first-order valence-electron chi connectivity index (χ1n) is 2.42. The van der Waals surface area contributed by atoms with Crippen LogP contribution in [0.3, 0.4) is 0 Å². The van der Waals surface area contributed by atoms with E-state index in [4.69, 9.17) is 0 Å². The minimum Gasteiger partial charge on any atom is -0.238 e. The topological polar surface area (TPSA) is 0 Å². The van der Waals surface area contributed by atoms with Crippen molar-refractivity contribution >= 4 is 22.7 Å². The quantitative estimate of drug-likeness (QED) is 0.554. The Hall–Kier alpha value is 0.700. The van der Waals surface area contributed by atoms with Crippen LogP contribution in [0.4, 0.5) is 0 Å². The van der Waals surface area contributed by atoms with E-state index in [-0.39, 0.29) is 10.0 Å². The van der Waals surface area contributed by atoms with Gasteiger partial charge in [0.1, 0.15) is 0 Å². The average Bonchev–Trinajstić information content (AvgIpc) is 1.68. The van der Waals surface area contributed by atoms with Crippen LogP contribution in [0.2, 0.25) is 0 Å². The maximum atomic E-state index is 4.22. The number of hydrogen-bond donors (Lipinski definition) is 1. The summed E-state index contributed by atoms with van der Waals surface area (Å²) in [6.07, 6.45) is 4.61. The summed E-state index contributed by atoms with van der Waals surface area (Å²) in [6.45, 7) is 2.23. The van der Waals surface area contributed by atoms with Gasteiger partial charge in [-0.15, -0.1) is 0 Å². The molecule has 0 aromatic heterocycles. The second kappa shape index (κ2) is 2.88. The van der Waals surface area contributed by atoms with Crippen molar-refractivity contribution in [1.29, 1.82) is 0 Å². The fourth-order valence-electron chi connectivity index (χ4n) is 0.0913. The molecule has 0 heterocycles. The molecule has 2 heteroatoms. The van der Waals surface area contributed by atoms with E-state index < -0.39 is 0 Å². The van der Waals surface area contributed by atoms with Crippen molar-refractivity contribution in [2.24, 2.45) is 0 Å². The number of thiol groups is 1. The van der Waals surface area contributed by atoms with E-state index in [0.717, 1.165) is 5.08 Å². The first kappa shape index (κ1) is 7.70. The molecule has 0 nitrogen and oxygen atoms in total. The molecule has 0 N–H and O–H groups in total. The van der Waals surface area contributed by atoms with Gasteiger partial charge in [-0.3, -0.25) is 0 Å². The molecule has 0 aliphatic heterocycles. The van der Waals surface area contributed by atoms with E-state index >= 15 is 0 Å². The summed E-state index contributed by atoms with van der Waals surface area (Å²) in [7, 11) is -0.293.